The molecule has 4 heteroatoms. The average molecular weight is 229 g/mol. The van der Waals surface area contributed by atoms with Crippen LogP contribution < -0.4 is 5.73 Å². The van der Waals surface area contributed by atoms with Crippen molar-refractivity contribution in [3.63, 3.8) is 0 Å². The summed E-state index contributed by atoms with van der Waals surface area (Å²) in [7, 11) is 1.60. The standard InChI is InChI=1S/C12H17F2NO/c1-8(7-16-2)6-11(15)9-4-3-5-10(13)12(9)14/h3-5,8,11H,6-7,15H2,1-2H3. The summed E-state index contributed by atoms with van der Waals surface area (Å²) >= 11 is 0. The van der Waals surface area contributed by atoms with Crippen molar-refractivity contribution in [2.75, 3.05) is 13.7 Å². The highest BCUT2D eigenvalue weighted by Crippen LogP contribution is 2.23. The molecule has 0 aliphatic rings. The van der Waals surface area contributed by atoms with Gasteiger partial charge in [0.1, 0.15) is 0 Å². The monoisotopic (exact) mass is 229 g/mol. The highest BCUT2D eigenvalue weighted by Gasteiger charge is 2.16. The van der Waals surface area contributed by atoms with Gasteiger partial charge in [0.05, 0.1) is 0 Å². The Kier molecular flexibility index (Phi) is 4.83. The van der Waals surface area contributed by atoms with Crippen LogP contribution in [0, 0.1) is 17.6 Å². The average Bonchev–Trinajstić information content (AvgIpc) is 2.22. The van der Waals surface area contributed by atoms with Crippen molar-refractivity contribution in [1.29, 1.82) is 0 Å². The number of benzene rings is 1. The number of ether oxygens (including phenoxy) is 1. The van der Waals surface area contributed by atoms with Crippen molar-refractivity contribution >= 4 is 0 Å². The fourth-order valence-electron chi connectivity index (χ4n) is 1.72. The molecule has 0 fully saturated rings. The molecule has 0 radical (unpaired) electrons. The van der Waals surface area contributed by atoms with E-state index in [0.717, 1.165) is 6.07 Å². The van der Waals surface area contributed by atoms with Crippen LogP contribution in [0.25, 0.3) is 0 Å². The van der Waals surface area contributed by atoms with Gasteiger partial charge in [-0.3, -0.25) is 0 Å². The minimum atomic E-state index is -0.854. The van der Waals surface area contributed by atoms with Crippen LogP contribution in [0.1, 0.15) is 24.9 Å². The second-order valence-electron chi connectivity index (χ2n) is 4.05. The molecular formula is C12H17F2NO. The third-order valence-corrected chi connectivity index (χ3v) is 2.49. The van der Waals surface area contributed by atoms with E-state index >= 15 is 0 Å². The van der Waals surface area contributed by atoms with Crippen LogP contribution in [0.5, 0.6) is 0 Å². The van der Waals surface area contributed by atoms with Gasteiger partial charge in [-0.1, -0.05) is 19.1 Å². The van der Waals surface area contributed by atoms with E-state index in [-0.39, 0.29) is 11.5 Å². The summed E-state index contributed by atoms with van der Waals surface area (Å²) in [6.45, 7) is 2.52. The van der Waals surface area contributed by atoms with Crippen molar-refractivity contribution in [2.24, 2.45) is 11.7 Å². The first kappa shape index (κ1) is 13.1. The summed E-state index contributed by atoms with van der Waals surface area (Å²) in [5.41, 5.74) is 6.06. The van der Waals surface area contributed by atoms with Crippen LogP contribution in [0.3, 0.4) is 0 Å². The third-order valence-electron chi connectivity index (χ3n) is 2.49. The van der Waals surface area contributed by atoms with Gasteiger partial charge in [-0.15, -0.1) is 0 Å². The van der Waals surface area contributed by atoms with E-state index in [1.54, 1.807) is 7.11 Å². The molecule has 0 bridgehead atoms. The largest absolute Gasteiger partial charge is 0.384 e. The number of nitrogens with two attached hydrogens (primary N) is 1. The zero-order valence-electron chi connectivity index (χ0n) is 9.54. The van der Waals surface area contributed by atoms with Crippen molar-refractivity contribution in [3.05, 3.63) is 35.4 Å². The van der Waals surface area contributed by atoms with E-state index in [9.17, 15) is 8.78 Å². The summed E-state index contributed by atoms with van der Waals surface area (Å²) in [5, 5.41) is 0. The van der Waals surface area contributed by atoms with Crippen molar-refractivity contribution in [2.45, 2.75) is 19.4 Å². The fraction of sp³-hybridized carbons (Fsp3) is 0.500. The number of hydrogen-bond donors (Lipinski definition) is 1. The first-order valence-electron chi connectivity index (χ1n) is 5.24. The lowest BCUT2D eigenvalue weighted by molar-refractivity contribution is 0.152. The molecule has 90 valence electrons. The van der Waals surface area contributed by atoms with E-state index in [1.807, 2.05) is 6.92 Å². The van der Waals surface area contributed by atoms with Crippen LogP contribution in [0.15, 0.2) is 18.2 Å². The molecule has 0 saturated heterocycles. The van der Waals surface area contributed by atoms with E-state index in [4.69, 9.17) is 10.5 Å². The summed E-state index contributed by atoms with van der Waals surface area (Å²) in [4.78, 5) is 0. The molecule has 0 aliphatic heterocycles. The molecule has 2 unspecified atom stereocenters. The highest BCUT2D eigenvalue weighted by molar-refractivity contribution is 5.22. The lowest BCUT2D eigenvalue weighted by atomic mass is 9.96. The molecule has 0 saturated carbocycles. The predicted molar refractivity (Wildman–Crippen MR) is 58.9 cm³/mol. The van der Waals surface area contributed by atoms with Gasteiger partial charge in [0.15, 0.2) is 11.6 Å². The molecule has 0 spiro atoms. The third kappa shape index (κ3) is 3.25. The van der Waals surface area contributed by atoms with Crippen molar-refractivity contribution < 1.29 is 13.5 Å². The van der Waals surface area contributed by atoms with E-state index in [2.05, 4.69) is 0 Å². The topological polar surface area (TPSA) is 35.2 Å². The van der Waals surface area contributed by atoms with Gasteiger partial charge in [0.2, 0.25) is 0 Å². The van der Waals surface area contributed by atoms with Gasteiger partial charge in [-0.25, -0.2) is 8.78 Å². The van der Waals surface area contributed by atoms with E-state index < -0.39 is 17.7 Å². The zero-order valence-corrected chi connectivity index (χ0v) is 9.54. The quantitative estimate of drug-likeness (QED) is 0.842. The minimum absolute atomic E-state index is 0.211. The van der Waals surface area contributed by atoms with Gasteiger partial charge < -0.3 is 10.5 Å². The molecule has 1 aromatic carbocycles. The molecule has 2 nitrogen and oxygen atoms in total. The number of halogens is 2. The number of methoxy groups -OCH3 is 1. The Morgan fingerprint density at radius 1 is 1.38 bits per heavy atom. The Hall–Kier alpha value is -1.00. The molecule has 0 aliphatic carbocycles. The van der Waals surface area contributed by atoms with Crippen molar-refractivity contribution in [1.82, 2.24) is 0 Å². The molecule has 2 N–H and O–H groups in total. The predicted octanol–water partition coefficient (Wildman–Crippen LogP) is 2.64. The summed E-state index contributed by atoms with van der Waals surface area (Å²) in [6.07, 6.45) is 0.564. The molecular weight excluding hydrogens is 212 g/mol. The molecule has 1 rings (SSSR count). The Bertz CT molecular complexity index is 344. The number of hydrogen-bond acceptors (Lipinski definition) is 2. The molecule has 0 heterocycles. The Balaban J connectivity index is 2.72. The first-order chi connectivity index (χ1) is 7.56. The zero-order chi connectivity index (χ0) is 12.1. The Morgan fingerprint density at radius 3 is 2.69 bits per heavy atom. The maximum absolute atomic E-state index is 13.4. The van der Waals surface area contributed by atoms with Gasteiger partial charge in [0, 0.05) is 25.3 Å². The van der Waals surface area contributed by atoms with Crippen molar-refractivity contribution in [3.8, 4) is 0 Å². The van der Waals surface area contributed by atoms with Crippen LogP contribution in [-0.2, 0) is 4.74 Å². The van der Waals surface area contributed by atoms with E-state index in [0.29, 0.717) is 13.0 Å². The molecule has 0 amide bonds. The van der Waals surface area contributed by atoms with Gasteiger partial charge in [-0.05, 0) is 18.4 Å². The first-order valence-corrected chi connectivity index (χ1v) is 5.24. The maximum Gasteiger partial charge on any atom is 0.163 e. The summed E-state index contributed by atoms with van der Waals surface area (Å²) in [6, 6.07) is 3.57. The normalized spacial score (nSPS) is 14.8. The molecule has 1 aromatic rings. The van der Waals surface area contributed by atoms with E-state index in [1.165, 1.54) is 12.1 Å². The maximum atomic E-state index is 13.4. The van der Waals surface area contributed by atoms with Crippen LogP contribution in [-0.4, -0.2) is 13.7 Å². The lowest BCUT2D eigenvalue weighted by Gasteiger charge is -2.17. The molecule has 2 atom stereocenters. The van der Waals surface area contributed by atoms with Crippen LogP contribution in [0.4, 0.5) is 8.78 Å². The smallest absolute Gasteiger partial charge is 0.163 e. The van der Waals surface area contributed by atoms with Gasteiger partial charge in [-0.2, -0.15) is 0 Å². The van der Waals surface area contributed by atoms with Gasteiger partial charge in [0.25, 0.3) is 0 Å². The highest BCUT2D eigenvalue weighted by atomic mass is 19.2. The summed E-state index contributed by atoms with van der Waals surface area (Å²) in [5.74, 6) is -1.49. The second kappa shape index (κ2) is 5.92. The fourth-order valence-corrected chi connectivity index (χ4v) is 1.72. The lowest BCUT2D eigenvalue weighted by Crippen LogP contribution is -2.18. The minimum Gasteiger partial charge on any atom is -0.384 e. The SMILES string of the molecule is COCC(C)CC(N)c1cccc(F)c1F. The molecule has 0 aromatic heterocycles. The Morgan fingerprint density at radius 2 is 2.06 bits per heavy atom. The van der Waals surface area contributed by atoms with Gasteiger partial charge >= 0.3 is 0 Å². The second-order valence-corrected chi connectivity index (χ2v) is 4.05. The Labute approximate surface area is 94.4 Å². The van der Waals surface area contributed by atoms with Crippen LogP contribution >= 0.6 is 0 Å². The molecule has 16 heavy (non-hydrogen) atoms. The number of rotatable bonds is 5. The van der Waals surface area contributed by atoms with Crippen LogP contribution in [0.2, 0.25) is 0 Å². The summed E-state index contributed by atoms with van der Waals surface area (Å²) < 4.78 is 31.3.